The van der Waals surface area contributed by atoms with E-state index in [1.54, 1.807) is 0 Å². The second kappa shape index (κ2) is 18.2. The summed E-state index contributed by atoms with van der Waals surface area (Å²) >= 11 is 0. The monoisotopic (exact) mass is 468 g/mol. The maximum Gasteiger partial charge on any atom is 0.0700 e. The van der Waals surface area contributed by atoms with Crippen LogP contribution in [0.25, 0.3) is 0 Å². The van der Waals surface area contributed by atoms with Crippen LogP contribution in [0.2, 0.25) is 0 Å². The van der Waals surface area contributed by atoms with Gasteiger partial charge >= 0.3 is 0 Å². The Balaban J connectivity index is 2.09. The van der Waals surface area contributed by atoms with Crippen molar-refractivity contribution < 1.29 is 9.47 Å². The number of hydrogen-bond donors (Lipinski definition) is 0. The molecule has 1 aliphatic rings. The van der Waals surface area contributed by atoms with Crippen LogP contribution in [0.1, 0.15) is 119 Å². The van der Waals surface area contributed by atoms with Gasteiger partial charge < -0.3 is 14.4 Å². The molecule has 0 radical (unpaired) electrons. The number of rotatable bonds is 21. The zero-order valence-corrected chi connectivity index (χ0v) is 23.6. The van der Waals surface area contributed by atoms with Crippen LogP contribution in [0.3, 0.4) is 0 Å². The third-order valence-electron chi connectivity index (χ3n) is 8.01. The normalized spacial score (nSPS) is 19.5. The Kier molecular flexibility index (Phi) is 17.0. The van der Waals surface area contributed by atoms with E-state index in [2.05, 4.69) is 51.3 Å². The Morgan fingerprint density at radius 1 is 0.636 bits per heavy atom. The predicted molar refractivity (Wildman–Crippen MR) is 144 cm³/mol. The van der Waals surface area contributed by atoms with E-state index in [1.165, 1.54) is 96.8 Å². The van der Waals surface area contributed by atoms with E-state index in [0.29, 0.717) is 11.0 Å². The largest absolute Gasteiger partial charge is 0.379 e. The van der Waals surface area contributed by atoms with E-state index in [-0.39, 0.29) is 0 Å². The number of hydrogen-bond acceptors (Lipinski definition) is 4. The van der Waals surface area contributed by atoms with Crippen LogP contribution in [0, 0.1) is 5.41 Å². The highest BCUT2D eigenvalue weighted by Gasteiger charge is 2.31. The Bertz CT molecular complexity index is 453. The Labute approximate surface area is 208 Å². The summed E-state index contributed by atoms with van der Waals surface area (Å²) in [7, 11) is 0. The number of nitrogens with zero attached hydrogens (tertiary/aromatic N) is 2. The Hall–Kier alpha value is -0.160. The van der Waals surface area contributed by atoms with Crippen LogP contribution < -0.4 is 0 Å². The molecule has 0 aromatic rings. The molecule has 33 heavy (non-hydrogen) atoms. The Morgan fingerprint density at radius 3 is 1.94 bits per heavy atom. The molecule has 4 nitrogen and oxygen atoms in total. The predicted octanol–water partition coefficient (Wildman–Crippen LogP) is 7.16. The summed E-state index contributed by atoms with van der Waals surface area (Å²) in [5.74, 6) is 0. The minimum absolute atomic E-state index is 0.341. The fourth-order valence-electron chi connectivity index (χ4n) is 5.57. The number of piperazine rings is 1. The lowest BCUT2D eigenvalue weighted by Crippen LogP contribution is -2.55. The third-order valence-corrected chi connectivity index (χ3v) is 8.01. The first-order valence-corrected chi connectivity index (χ1v) is 14.6. The summed E-state index contributed by atoms with van der Waals surface area (Å²) in [5, 5.41) is 0. The van der Waals surface area contributed by atoms with Crippen molar-refractivity contribution in [3.05, 3.63) is 0 Å². The molecular formula is C29H60N2O2. The molecule has 0 bridgehead atoms. The molecule has 1 heterocycles. The van der Waals surface area contributed by atoms with E-state index in [0.717, 1.165) is 39.4 Å². The molecule has 1 fully saturated rings. The van der Waals surface area contributed by atoms with E-state index >= 15 is 0 Å². The average molecular weight is 469 g/mol. The lowest BCUT2D eigenvalue weighted by Gasteiger charge is -2.46. The van der Waals surface area contributed by atoms with Crippen molar-refractivity contribution in [2.45, 2.75) is 124 Å². The lowest BCUT2D eigenvalue weighted by molar-refractivity contribution is -0.000463. The molecule has 4 heteroatoms. The van der Waals surface area contributed by atoms with Crippen molar-refractivity contribution >= 4 is 0 Å². The van der Waals surface area contributed by atoms with Crippen molar-refractivity contribution in [2.24, 2.45) is 5.41 Å². The van der Waals surface area contributed by atoms with Crippen molar-refractivity contribution in [3.8, 4) is 0 Å². The summed E-state index contributed by atoms with van der Waals surface area (Å²) < 4.78 is 11.9. The number of unbranched alkanes of at least 4 members (excludes halogenated alkanes) is 4. The first kappa shape index (κ1) is 30.9. The summed E-state index contributed by atoms with van der Waals surface area (Å²) in [6.07, 6.45) is 15.6. The van der Waals surface area contributed by atoms with Crippen LogP contribution in [0.5, 0.6) is 0 Å². The summed E-state index contributed by atoms with van der Waals surface area (Å²) in [6, 6.07) is 0. The summed E-state index contributed by atoms with van der Waals surface area (Å²) in [5.41, 5.74) is 0.736. The first-order valence-electron chi connectivity index (χ1n) is 14.6. The molecular weight excluding hydrogens is 408 g/mol. The van der Waals surface area contributed by atoms with E-state index in [9.17, 15) is 0 Å². The molecule has 1 rings (SSSR count). The molecule has 1 aliphatic heterocycles. The highest BCUT2D eigenvalue weighted by Crippen LogP contribution is 2.31. The van der Waals surface area contributed by atoms with Crippen molar-refractivity contribution in [3.63, 3.8) is 0 Å². The zero-order chi connectivity index (χ0) is 24.4. The highest BCUT2D eigenvalue weighted by molar-refractivity contribution is 4.88. The van der Waals surface area contributed by atoms with Crippen molar-refractivity contribution in [2.75, 3.05) is 59.2 Å². The molecule has 198 valence electrons. The zero-order valence-electron chi connectivity index (χ0n) is 23.6. The van der Waals surface area contributed by atoms with Crippen LogP contribution >= 0.6 is 0 Å². The van der Waals surface area contributed by atoms with E-state index in [4.69, 9.17) is 9.47 Å². The smallest absolute Gasteiger partial charge is 0.0700 e. The first-order chi connectivity index (χ1) is 15.9. The SMILES string of the molecule is CCCCCCCC(C)(CCC)COCCOCCCN1CCN(C(C)(CC)CCC)CC1. The minimum atomic E-state index is 0.341. The van der Waals surface area contributed by atoms with E-state index < -0.39 is 0 Å². The quantitative estimate of drug-likeness (QED) is 0.167. The third kappa shape index (κ3) is 12.9. The van der Waals surface area contributed by atoms with Gasteiger partial charge in [0.05, 0.1) is 19.8 Å². The second-order valence-corrected chi connectivity index (χ2v) is 11.2. The molecule has 0 aliphatic carbocycles. The van der Waals surface area contributed by atoms with Gasteiger partial charge in [0.15, 0.2) is 0 Å². The molecule has 0 aromatic heterocycles. The van der Waals surface area contributed by atoms with Gasteiger partial charge in [-0.3, -0.25) is 4.90 Å². The number of ether oxygens (including phenoxy) is 2. The molecule has 0 saturated carbocycles. The van der Waals surface area contributed by atoms with E-state index in [1.807, 2.05) is 0 Å². The van der Waals surface area contributed by atoms with Crippen LogP contribution in [-0.4, -0.2) is 74.5 Å². The lowest BCUT2D eigenvalue weighted by atomic mass is 9.81. The van der Waals surface area contributed by atoms with Crippen molar-refractivity contribution in [1.82, 2.24) is 9.80 Å². The van der Waals surface area contributed by atoms with Gasteiger partial charge in [-0.1, -0.05) is 79.6 Å². The van der Waals surface area contributed by atoms with Gasteiger partial charge in [-0.2, -0.15) is 0 Å². The topological polar surface area (TPSA) is 24.9 Å². The second-order valence-electron chi connectivity index (χ2n) is 11.2. The van der Waals surface area contributed by atoms with Gasteiger partial charge in [-0.15, -0.1) is 0 Å². The minimum Gasteiger partial charge on any atom is -0.379 e. The standard InChI is InChI=1S/C29H60N2O2/c1-7-11-12-13-14-18-28(5,16-8-2)27-33-26-25-32-24-15-19-30-20-22-31(23-21-30)29(6,10-4)17-9-3/h7-27H2,1-6H3. The van der Waals surface area contributed by atoms with Crippen LogP contribution in [0.15, 0.2) is 0 Å². The molecule has 0 aromatic carbocycles. The molecule has 0 spiro atoms. The van der Waals surface area contributed by atoms with Crippen LogP contribution in [-0.2, 0) is 9.47 Å². The molecule has 1 saturated heterocycles. The van der Waals surface area contributed by atoms with Gasteiger partial charge in [-0.25, -0.2) is 0 Å². The molecule has 2 atom stereocenters. The molecule has 0 N–H and O–H groups in total. The molecule has 2 unspecified atom stereocenters. The maximum absolute atomic E-state index is 6.06. The summed E-state index contributed by atoms with van der Waals surface area (Å²) in [4.78, 5) is 5.35. The van der Waals surface area contributed by atoms with Gasteiger partial charge in [-0.05, 0) is 44.4 Å². The van der Waals surface area contributed by atoms with Gasteiger partial charge in [0.25, 0.3) is 0 Å². The maximum atomic E-state index is 6.06. The van der Waals surface area contributed by atoms with Gasteiger partial charge in [0, 0.05) is 44.9 Å². The van der Waals surface area contributed by atoms with Gasteiger partial charge in [0.2, 0.25) is 0 Å². The van der Waals surface area contributed by atoms with Crippen molar-refractivity contribution in [1.29, 1.82) is 0 Å². The van der Waals surface area contributed by atoms with Gasteiger partial charge in [0.1, 0.15) is 0 Å². The molecule has 0 amide bonds. The fraction of sp³-hybridized carbons (Fsp3) is 1.00. The average Bonchev–Trinajstić information content (AvgIpc) is 2.81. The Morgan fingerprint density at radius 2 is 1.30 bits per heavy atom. The van der Waals surface area contributed by atoms with Crippen LogP contribution in [0.4, 0.5) is 0 Å². The highest BCUT2D eigenvalue weighted by atomic mass is 16.5. The summed E-state index contributed by atoms with van der Waals surface area (Å²) in [6.45, 7) is 23.3. The fourth-order valence-corrected chi connectivity index (χ4v) is 5.57.